The number of halogens is 5. The molecule has 0 unspecified atom stereocenters. The van der Waals surface area contributed by atoms with E-state index in [2.05, 4.69) is 15.6 Å². The summed E-state index contributed by atoms with van der Waals surface area (Å²) in [5.41, 5.74) is -1.06. The highest BCUT2D eigenvalue weighted by Gasteiger charge is 2.32. The Kier molecular flexibility index (Phi) is 5.54. The van der Waals surface area contributed by atoms with Crippen LogP contribution in [0.3, 0.4) is 0 Å². The highest BCUT2D eigenvalue weighted by molar-refractivity contribution is 6.34. The summed E-state index contributed by atoms with van der Waals surface area (Å²) in [5.74, 6) is -1.24. The van der Waals surface area contributed by atoms with Gasteiger partial charge < -0.3 is 10.6 Å². The second kappa shape index (κ2) is 7.28. The smallest absolute Gasteiger partial charge is 0.324 e. The number of pyridine rings is 1. The fourth-order valence-electron chi connectivity index (χ4n) is 1.86. The van der Waals surface area contributed by atoms with E-state index >= 15 is 0 Å². The van der Waals surface area contributed by atoms with Crippen molar-refractivity contribution in [1.29, 1.82) is 0 Å². The molecule has 0 aliphatic heterocycles. The van der Waals surface area contributed by atoms with Crippen LogP contribution in [-0.2, 0) is 11.0 Å². The molecule has 1 aromatic heterocycles. The zero-order chi connectivity index (χ0) is 18.8. The number of carbonyl (C=O) groups excluding carboxylic acids is 2. The minimum absolute atomic E-state index is 0.183. The Morgan fingerprint density at radius 3 is 2.32 bits per heavy atom. The van der Waals surface area contributed by atoms with Gasteiger partial charge in [-0.3, -0.25) is 9.59 Å². The number of hydrogen-bond donors (Lipinski definition) is 2. The molecule has 2 amide bonds. The van der Waals surface area contributed by atoms with E-state index in [1.165, 1.54) is 25.1 Å². The summed E-state index contributed by atoms with van der Waals surface area (Å²) < 4.78 is 37.8. The van der Waals surface area contributed by atoms with Crippen LogP contribution in [0.2, 0.25) is 10.0 Å². The summed E-state index contributed by atoms with van der Waals surface area (Å²) in [6.07, 6.45) is -4.11. The predicted octanol–water partition coefficient (Wildman–Crippen LogP) is 4.62. The minimum Gasteiger partial charge on any atom is -0.324 e. The van der Waals surface area contributed by atoms with Gasteiger partial charge in [0.2, 0.25) is 5.91 Å². The lowest BCUT2D eigenvalue weighted by Gasteiger charge is -2.13. The fraction of sp³-hybridized carbons (Fsp3) is 0.133. The molecule has 2 aromatic rings. The van der Waals surface area contributed by atoms with E-state index in [9.17, 15) is 22.8 Å². The fourth-order valence-corrected chi connectivity index (χ4v) is 2.28. The molecular weight excluding hydrogens is 382 g/mol. The molecule has 0 spiro atoms. The van der Waals surface area contributed by atoms with Gasteiger partial charge in [-0.15, -0.1) is 0 Å². The number of rotatable bonds is 3. The first-order valence-corrected chi connectivity index (χ1v) is 7.44. The molecule has 0 aliphatic carbocycles. The van der Waals surface area contributed by atoms with E-state index in [0.717, 1.165) is 0 Å². The number of amides is 2. The van der Waals surface area contributed by atoms with Crippen LogP contribution < -0.4 is 10.6 Å². The Morgan fingerprint density at radius 1 is 1.08 bits per heavy atom. The van der Waals surface area contributed by atoms with Crippen molar-refractivity contribution >= 4 is 46.4 Å². The molecule has 25 heavy (non-hydrogen) atoms. The summed E-state index contributed by atoms with van der Waals surface area (Å²) in [6.45, 7) is 1.26. The maximum Gasteiger partial charge on any atom is 0.417 e. The number of alkyl halides is 3. The van der Waals surface area contributed by atoms with Crippen molar-refractivity contribution in [2.45, 2.75) is 13.1 Å². The van der Waals surface area contributed by atoms with E-state index in [1.54, 1.807) is 0 Å². The van der Waals surface area contributed by atoms with Crippen LogP contribution >= 0.6 is 23.2 Å². The largest absolute Gasteiger partial charge is 0.417 e. The predicted molar refractivity (Wildman–Crippen MR) is 88.0 cm³/mol. The lowest BCUT2D eigenvalue weighted by molar-refractivity contribution is -0.137. The summed E-state index contributed by atoms with van der Waals surface area (Å²) >= 11 is 11.6. The number of hydrogen-bond acceptors (Lipinski definition) is 3. The number of carbonyl (C=O) groups is 2. The van der Waals surface area contributed by atoms with Gasteiger partial charge in [-0.2, -0.15) is 13.2 Å². The molecule has 0 saturated carbocycles. The number of nitrogens with zero attached hydrogens (tertiary/aromatic N) is 1. The monoisotopic (exact) mass is 391 g/mol. The van der Waals surface area contributed by atoms with Gasteiger partial charge in [0.25, 0.3) is 5.91 Å². The number of benzene rings is 1. The van der Waals surface area contributed by atoms with Crippen LogP contribution in [-0.4, -0.2) is 16.8 Å². The van der Waals surface area contributed by atoms with Gasteiger partial charge in [-0.1, -0.05) is 23.2 Å². The van der Waals surface area contributed by atoms with E-state index in [4.69, 9.17) is 23.2 Å². The van der Waals surface area contributed by atoms with Gasteiger partial charge in [-0.25, -0.2) is 4.98 Å². The molecule has 132 valence electrons. The zero-order valence-electron chi connectivity index (χ0n) is 12.5. The van der Waals surface area contributed by atoms with Crippen LogP contribution in [0, 0.1) is 0 Å². The van der Waals surface area contributed by atoms with Crippen molar-refractivity contribution in [3.63, 3.8) is 0 Å². The highest BCUT2D eigenvalue weighted by atomic mass is 35.5. The van der Waals surface area contributed by atoms with Crippen molar-refractivity contribution in [3.8, 4) is 0 Å². The van der Waals surface area contributed by atoms with Gasteiger partial charge in [0.15, 0.2) is 0 Å². The average Bonchev–Trinajstić information content (AvgIpc) is 2.48. The van der Waals surface area contributed by atoms with Crippen molar-refractivity contribution in [1.82, 2.24) is 4.98 Å². The standard InChI is InChI=1S/C15H10Cl2F3N3O2/c1-7(24)22-12-5-9(16)2-3-11(12)23-14(25)13-10(17)4-8(6-21-13)15(18,19)20/h2-6H,1H3,(H,22,24)(H,23,25). The molecule has 0 fully saturated rings. The van der Waals surface area contributed by atoms with E-state index < -0.39 is 34.3 Å². The van der Waals surface area contributed by atoms with Crippen LogP contribution in [0.1, 0.15) is 23.0 Å². The molecule has 0 radical (unpaired) electrons. The molecule has 2 rings (SSSR count). The molecule has 0 atom stereocenters. The summed E-state index contributed by atoms with van der Waals surface area (Å²) in [5, 5.41) is 4.75. The lowest BCUT2D eigenvalue weighted by atomic mass is 10.2. The molecule has 0 aliphatic rings. The van der Waals surface area contributed by atoms with E-state index in [1.807, 2.05) is 0 Å². The molecule has 0 bridgehead atoms. The third kappa shape index (κ3) is 4.83. The molecular formula is C15H10Cl2F3N3O2. The van der Waals surface area contributed by atoms with Gasteiger partial charge in [0.1, 0.15) is 5.69 Å². The quantitative estimate of drug-likeness (QED) is 0.801. The Hall–Kier alpha value is -2.32. The molecule has 5 nitrogen and oxygen atoms in total. The summed E-state index contributed by atoms with van der Waals surface area (Å²) in [6, 6.07) is 4.90. The third-order valence-corrected chi connectivity index (χ3v) is 3.45. The van der Waals surface area contributed by atoms with Crippen LogP contribution in [0.5, 0.6) is 0 Å². The Balaban J connectivity index is 2.30. The van der Waals surface area contributed by atoms with Gasteiger partial charge >= 0.3 is 6.18 Å². The first-order chi connectivity index (χ1) is 11.6. The maximum absolute atomic E-state index is 12.6. The molecule has 0 saturated heterocycles. The Bertz CT molecular complexity index is 841. The number of aromatic nitrogens is 1. The molecule has 1 heterocycles. The van der Waals surface area contributed by atoms with Crippen LogP contribution in [0.4, 0.5) is 24.5 Å². The van der Waals surface area contributed by atoms with Gasteiger partial charge in [0, 0.05) is 18.1 Å². The topological polar surface area (TPSA) is 71.1 Å². The number of nitrogens with one attached hydrogen (secondary N) is 2. The molecule has 2 N–H and O–H groups in total. The second-order valence-corrected chi connectivity index (χ2v) is 5.72. The Labute approximate surface area is 150 Å². The zero-order valence-corrected chi connectivity index (χ0v) is 14.1. The van der Waals surface area contributed by atoms with Crippen molar-refractivity contribution in [2.24, 2.45) is 0 Å². The van der Waals surface area contributed by atoms with E-state index in [-0.39, 0.29) is 11.4 Å². The lowest BCUT2D eigenvalue weighted by Crippen LogP contribution is -2.17. The van der Waals surface area contributed by atoms with Crippen LogP contribution in [0.25, 0.3) is 0 Å². The normalized spacial score (nSPS) is 11.1. The molecule has 10 heteroatoms. The van der Waals surface area contributed by atoms with Crippen LogP contribution in [0.15, 0.2) is 30.5 Å². The maximum atomic E-state index is 12.6. The summed E-state index contributed by atoms with van der Waals surface area (Å²) in [7, 11) is 0. The SMILES string of the molecule is CC(=O)Nc1cc(Cl)ccc1NC(=O)c1ncc(C(F)(F)F)cc1Cl. The van der Waals surface area contributed by atoms with Crippen molar-refractivity contribution in [2.75, 3.05) is 10.6 Å². The summed E-state index contributed by atoms with van der Waals surface area (Å²) in [4.78, 5) is 26.9. The first-order valence-electron chi connectivity index (χ1n) is 6.69. The van der Waals surface area contributed by atoms with Gasteiger partial charge in [0.05, 0.1) is 22.0 Å². The van der Waals surface area contributed by atoms with Crippen molar-refractivity contribution in [3.05, 3.63) is 51.8 Å². The second-order valence-electron chi connectivity index (χ2n) is 4.88. The number of anilines is 2. The highest BCUT2D eigenvalue weighted by Crippen LogP contribution is 2.32. The third-order valence-electron chi connectivity index (χ3n) is 2.92. The van der Waals surface area contributed by atoms with Crippen molar-refractivity contribution < 1.29 is 22.8 Å². The molecule has 1 aromatic carbocycles. The first kappa shape index (κ1) is 19.0. The van der Waals surface area contributed by atoms with Gasteiger partial charge in [-0.05, 0) is 24.3 Å². The van der Waals surface area contributed by atoms with E-state index in [0.29, 0.717) is 17.3 Å². The Morgan fingerprint density at radius 2 is 1.76 bits per heavy atom. The average molecular weight is 392 g/mol. The minimum atomic E-state index is -4.62.